The van der Waals surface area contributed by atoms with Gasteiger partial charge in [0.05, 0.1) is 6.54 Å². The summed E-state index contributed by atoms with van der Waals surface area (Å²) in [7, 11) is -3.58. The van der Waals surface area contributed by atoms with Crippen molar-refractivity contribution in [3.63, 3.8) is 0 Å². The topological polar surface area (TPSA) is 99.9 Å². The van der Waals surface area contributed by atoms with E-state index in [2.05, 4.69) is 4.72 Å². The fourth-order valence-electron chi connectivity index (χ4n) is 1.69. The van der Waals surface area contributed by atoms with Gasteiger partial charge in [0.2, 0.25) is 5.76 Å². The van der Waals surface area contributed by atoms with Crippen molar-refractivity contribution in [2.24, 2.45) is 0 Å². The summed E-state index contributed by atoms with van der Waals surface area (Å²) in [6, 6.07) is 2.73. The van der Waals surface area contributed by atoms with Crippen molar-refractivity contribution < 1.29 is 22.7 Å². The Morgan fingerprint density at radius 1 is 1.30 bits per heavy atom. The Morgan fingerprint density at radius 3 is 2.35 bits per heavy atom. The minimum atomic E-state index is -3.58. The molecule has 1 heterocycles. The van der Waals surface area contributed by atoms with Crippen LogP contribution in [0.3, 0.4) is 0 Å². The number of carboxylic acid groups (broad SMARTS) is 1. The molecule has 0 unspecified atom stereocenters. The smallest absolute Gasteiger partial charge is 0.371 e. The average Bonchev–Trinajstić information content (AvgIpc) is 2.85. The van der Waals surface area contributed by atoms with Gasteiger partial charge >= 0.3 is 5.97 Å². The second-order valence-corrected chi connectivity index (χ2v) is 6.05. The van der Waals surface area contributed by atoms with E-state index in [1.165, 1.54) is 16.4 Å². The molecule has 20 heavy (non-hydrogen) atoms. The Hall–Kier alpha value is -1.38. The third-order valence-electron chi connectivity index (χ3n) is 2.59. The van der Waals surface area contributed by atoms with Crippen LogP contribution in [0.4, 0.5) is 0 Å². The van der Waals surface area contributed by atoms with Gasteiger partial charge in [0.25, 0.3) is 10.2 Å². The molecule has 0 atom stereocenters. The Labute approximate surface area is 118 Å². The van der Waals surface area contributed by atoms with Crippen LogP contribution in [0.15, 0.2) is 16.5 Å². The van der Waals surface area contributed by atoms with Gasteiger partial charge in [-0.1, -0.05) is 13.8 Å². The molecule has 1 aromatic rings. The normalized spacial score (nSPS) is 11.9. The van der Waals surface area contributed by atoms with Crippen LogP contribution in [0, 0.1) is 0 Å². The Balaban J connectivity index is 2.67. The minimum Gasteiger partial charge on any atom is -0.475 e. The highest BCUT2D eigenvalue weighted by Gasteiger charge is 2.20. The molecule has 1 rings (SSSR count). The summed E-state index contributed by atoms with van der Waals surface area (Å²) >= 11 is 0. The lowest BCUT2D eigenvalue weighted by atomic mass is 10.4. The fourth-order valence-corrected chi connectivity index (χ4v) is 3.05. The highest BCUT2D eigenvalue weighted by atomic mass is 32.2. The first-order valence-electron chi connectivity index (χ1n) is 6.47. The first kappa shape index (κ1) is 16.7. The van der Waals surface area contributed by atoms with Gasteiger partial charge in [-0.15, -0.1) is 0 Å². The number of furan rings is 1. The molecule has 0 aliphatic rings. The van der Waals surface area contributed by atoms with E-state index in [4.69, 9.17) is 9.52 Å². The summed E-state index contributed by atoms with van der Waals surface area (Å²) in [6.45, 7) is 4.64. The van der Waals surface area contributed by atoms with Crippen LogP contribution in [-0.2, 0) is 16.8 Å². The third kappa shape index (κ3) is 4.62. The standard InChI is InChI=1S/C12H20N2O5S/c1-3-7-14(8-4-2)20(17,18)13-9-10-5-6-11(19-10)12(15)16/h5-6,13H,3-4,7-9H2,1-2H3,(H,15,16). The molecule has 0 aromatic carbocycles. The molecule has 0 amide bonds. The fraction of sp³-hybridized carbons (Fsp3) is 0.583. The van der Waals surface area contributed by atoms with Crippen LogP contribution in [-0.4, -0.2) is 36.9 Å². The summed E-state index contributed by atoms with van der Waals surface area (Å²) < 4.78 is 32.9. The van der Waals surface area contributed by atoms with Crippen molar-refractivity contribution in [1.29, 1.82) is 0 Å². The molecule has 7 nitrogen and oxygen atoms in total. The summed E-state index contributed by atoms with van der Waals surface area (Å²) in [5, 5.41) is 8.71. The number of hydrogen-bond acceptors (Lipinski definition) is 4. The zero-order chi connectivity index (χ0) is 15.2. The molecule has 0 aliphatic heterocycles. The van der Waals surface area contributed by atoms with E-state index in [1.54, 1.807) is 0 Å². The van der Waals surface area contributed by atoms with E-state index in [-0.39, 0.29) is 18.1 Å². The van der Waals surface area contributed by atoms with Crippen molar-refractivity contribution in [1.82, 2.24) is 9.03 Å². The lowest BCUT2D eigenvalue weighted by Crippen LogP contribution is -2.41. The van der Waals surface area contributed by atoms with E-state index < -0.39 is 16.2 Å². The molecular weight excluding hydrogens is 284 g/mol. The molecule has 0 radical (unpaired) electrons. The summed E-state index contributed by atoms with van der Waals surface area (Å²) in [5.74, 6) is -1.13. The van der Waals surface area contributed by atoms with E-state index in [1.807, 2.05) is 13.8 Å². The highest BCUT2D eigenvalue weighted by molar-refractivity contribution is 7.87. The molecule has 0 spiro atoms. The van der Waals surface area contributed by atoms with Crippen LogP contribution in [0.2, 0.25) is 0 Å². The minimum absolute atomic E-state index is 0.0699. The second-order valence-electron chi connectivity index (χ2n) is 4.30. The zero-order valence-electron chi connectivity index (χ0n) is 11.6. The predicted octanol–water partition coefficient (Wildman–Crippen LogP) is 1.43. The first-order chi connectivity index (χ1) is 9.40. The van der Waals surface area contributed by atoms with Crippen molar-refractivity contribution in [3.8, 4) is 0 Å². The van der Waals surface area contributed by atoms with E-state index >= 15 is 0 Å². The van der Waals surface area contributed by atoms with Crippen LogP contribution in [0.1, 0.15) is 43.0 Å². The Morgan fingerprint density at radius 2 is 1.90 bits per heavy atom. The van der Waals surface area contributed by atoms with E-state index in [0.29, 0.717) is 13.1 Å². The number of hydrogen-bond donors (Lipinski definition) is 2. The van der Waals surface area contributed by atoms with Gasteiger partial charge in [-0.2, -0.15) is 17.4 Å². The van der Waals surface area contributed by atoms with Gasteiger partial charge in [0.15, 0.2) is 0 Å². The van der Waals surface area contributed by atoms with Gasteiger partial charge in [0.1, 0.15) is 5.76 Å². The lowest BCUT2D eigenvalue weighted by molar-refractivity contribution is 0.0660. The zero-order valence-corrected chi connectivity index (χ0v) is 12.4. The summed E-state index contributed by atoms with van der Waals surface area (Å²) in [4.78, 5) is 10.7. The molecule has 0 bridgehead atoms. The number of aromatic carboxylic acids is 1. The van der Waals surface area contributed by atoms with Gasteiger partial charge < -0.3 is 9.52 Å². The quantitative estimate of drug-likeness (QED) is 0.719. The average molecular weight is 304 g/mol. The molecule has 8 heteroatoms. The highest BCUT2D eigenvalue weighted by Crippen LogP contribution is 2.09. The van der Waals surface area contributed by atoms with Gasteiger partial charge in [0, 0.05) is 13.1 Å². The number of rotatable bonds is 9. The van der Waals surface area contributed by atoms with Gasteiger partial charge in [-0.25, -0.2) is 4.79 Å². The molecule has 0 fully saturated rings. The van der Waals surface area contributed by atoms with Crippen LogP contribution in [0.5, 0.6) is 0 Å². The summed E-state index contributed by atoms with van der Waals surface area (Å²) in [5.41, 5.74) is 0. The maximum absolute atomic E-state index is 12.1. The van der Waals surface area contributed by atoms with Crippen molar-refractivity contribution in [2.75, 3.05) is 13.1 Å². The number of nitrogens with zero attached hydrogens (tertiary/aromatic N) is 1. The maximum atomic E-state index is 12.1. The Bertz CT molecular complexity index is 532. The third-order valence-corrected chi connectivity index (χ3v) is 4.14. The molecule has 1 aromatic heterocycles. The lowest BCUT2D eigenvalue weighted by Gasteiger charge is -2.20. The van der Waals surface area contributed by atoms with Crippen molar-refractivity contribution in [2.45, 2.75) is 33.2 Å². The van der Waals surface area contributed by atoms with Gasteiger partial charge in [-0.05, 0) is 25.0 Å². The molecule has 2 N–H and O–H groups in total. The van der Waals surface area contributed by atoms with E-state index in [9.17, 15) is 13.2 Å². The molecular formula is C12H20N2O5S. The van der Waals surface area contributed by atoms with Crippen molar-refractivity contribution >= 4 is 16.2 Å². The molecule has 114 valence electrons. The van der Waals surface area contributed by atoms with Crippen LogP contribution >= 0.6 is 0 Å². The monoisotopic (exact) mass is 304 g/mol. The Kier molecular flexibility index (Phi) is 6.18. The largest absolute Gasteiger partial charge is 0.475 e. The van der Waals surface area contributed by atoms with Crippen LogP contribution in [0.25, 0.3) is 0 Å². The number of nitrogens with one attached hydrogen (secondary N) is 1. The second kappa shape index (κ2) is 7.41. The van der Waals surface area contributed by atoms with Crippen molar-refractivity contribution in [3.05, 3.63) is 23.7 Å². The SMILES string of the molecule is CCCN(CCC)S(=O)(=O)NCc1ccc(C(=O)O)o1. The first-order valence-corrected chi connectivity index (χ1v) is 7.91. The number of carbonyl (C=O) groups is 1. The van der Waals surface area contributed by atoms with Gasteiger partial charge in [-0.3, -0.25) is 0 Å². The summed E-state index contributed by atoms with van der Waals surface area (Å²) in [6.07, 6.45) is 1.45. The molecule has 0 saturated carbocycles. The molecule has 0 saturated heterocycles. The molecule has 0 aliphatic carbocycles. The van der Waals surface area contributed by atoms with Crippen LogP contribution < -0.4 is 4.72 Å². The predicted molar refractivity (Wildman–Crippen MR) is 73.6 cm³/mol. The van der Waals surface area contributed by atoms with E-state index in [0.717, 1.165) is 12.8 Å². The number of carboxylic acids is 1. The maximum Gasteiger partial charge on any atom is 0.371 e.